The Morgan fingerprint density at radius 2 is 1.97 bits per heavy atom. The van der Waals surface area contributed by atoms with Crippen LogP contribution in [0.25, 0.3) is 0 Å². The summed E-state index contributed by atoms with van der Waals surface area (Å²) in [5.74, 6) is 1.75. The molecule has 30 heavy (non-hydrogen) atoms. The molecule has 0 saturated carbocycles. The van der Waals surface area contributed by atoms with Gasteiger partial charge in [0.2, 0.25) is 0 Å². The van der Waals surface area contributed by atoms with Crippen molar-refractivity contribution in [1.82, 2.24) is 9.88 Å². The SMILES string of the molecule is Cc1cc2c(nc1N1CCC(Oc3ccc4c(c3)COC4)CC1)C(CO)N(C)C2=O. The number of anilines is 1. The molecule has 0 aliphatic carbocycles. The third-order valence-electron chi connectivity index (χ3n) is 6.46. The van der Waals surface area contributed by atoms with Gasteiger partial charge in [0.1, 0.15) is 17.7 Å². The molecule has 3 aliphatic rings. The highest BCUT2D eigenvalue weighted by atomic mass is 16.5. The van der Waals surface area contributed by atoms with Crippen LogP contribution in [0.15, 0.2) is 24.3 Å². The Labute approximate surface area is 176 Å². The predicted molar refractivity (Wildman–Crippen MR) is 112 cm³/mol. The van der Waals surface area contributed by atoms with Gasteiger partial charge >= 0.3 is 0 Å². The lowest BCUT2D eigenvalue weighted by Gasteiger charge is -2.34. The van der Waals surface area contributed by atoms with Gasteiger partial charge in [-0.3, -0.25) is 4.79 Å². The van der Waals surface area contributed by atoms with Gasteiger partial charge in [-0.2, -0.15) is 0 Å². The highest BCUT2D eigenvalue weighted by molar-refractivity contribution is 5.99. The van der Waals surface area contributed by atoms with Gasteiger partial charge in [0, 0.05) is 33.0 Å². The number of hydrogen-bond acceptors (Lipinski definition) is 6. The summed E-state index contributed by atoms with van der Waals surface area (Å²) in [4.78, 5) is 21.1. The van der Waals surface area contributed by atoms with Crippen LogP contribution in [0.2, 0.25) is 0 Å². The number of nitrogens with zero attached hydrogens (tertiary/aromatic N) is 3. The zero-order valence-corrected chi connectivity index (χ0v) is 17.4. The summed E-state index contributed by atoms with van der Waals surface area (Å²) in [5.41, 5.74) is 4.76. The highest BCUT2D eigenvalue weighted by Gasteiger charge is 2.36. The van der Waals surface area contributed by atoms with Gasteiger partial charge in [0.25, 0.3) is 5.91 Å². The van der Waals surface area contributed by atoms with Crippen molar-refractivity contribution >= 4 is 11.7 Å². The van der Waals surface area contributed by atoms with Crippen LogP contribution in [0.1, 0.15) is 51.6 Å². The van der Waals surface area contributed by atoms with Crippen molar-refractivity contribution in [1.29, 1.82) is 0 Å². The summed E-state index contributed by atoms with van der Waals surface area (Å²) in [5, 5.41) is 9.73. The van der Waals surface area contributed by atoms with Gasteiger partial charge in [-0.15, -0.1) is 0 Å². The molecule has 5 rings (SSSR count). The first-order valence-electron chi connectivity index (χ1n) is 10.6. The minimum absolute atomic E-state index is 0.0712. The highest BCUT2D eigenvalue weighted by Crippen LogP contribution is 2.35. The predicted octanol–water partition coefficient (Wildman–Crippen LogP) is 2.59. The van der Waals surface area contributed by atoms with Crippen LogP contribution < -0.4 is 9.64 Å². The quantitative estimate of drug-likeness (QED) is 0.837. The summed E-state index contributed by atoms with van der Waals surface area (Å²) < 4.78 is 11.7. The van der Waals surface area contributed by atoms with Crippen LogP contribution in [0, 0.1) is 6.92 Å². The number of rotatable bonds is 4. The molecule has 158 valence electrons. The molecule has 1 amide bonds. The van der Waals surface area contributed by atoms with E-state index in [-0.39, 0.29) is 24.7 Å². The lowest BCUT2D eigenvalue weighted by Crippen LogP contribution is -2.39. The topological polar surface area (TPSA) is 75.1 Å². The van der Waals surface area contributed by atoms with Gasteiger partial charge in [0.05, 0.1) is 37.1 Å². The van der Waals surface area contributed by atoms with E-state index in [9.17, 15) is 9.90 Å². The Balaban J connectivity index is 1.28. The molecule has 1 aromatic carbocycles. The summed E-state index contributed by atoms with van der Waals surface area (Å²) in [6.07, 6.45) is 2.00. The number of carbonyl (C=O) groups is 1. The molecule has 1 unspecified atom stereocenters. The number of pyridine rings is 1. The monoisotopic (exact) mass is 409 g/mol. The van der Waals surface area contributed by atoms with E-state index >= 15 is 0 Å². The number of amides is 1. The molecule has 0 radical (unpaired) electrons. The average molecular weight is 409 g/mol. The second-order valence-corrected chi connectivity index (χ2v) is 8.40. The first-order valence-corrected chi connectivity index (χ1v) is 10.6. The van der Waals surface area contributed by atoms with Crippen LogP contribution in [0.5, 0.6) is 5.75 Å². The summed E-state index contributed by atoms with van der Waals surface area (Å²) in [6, 6.07) is 7.79. The van der Waals surface area contributed by atoms with Crippen molar-refractivity contribution < 1.29 is 19.4 Å². The zero-order chi connectivity index (χ0) is 20.8. The number of aliphatic hydroxyl groups excluding tert-OH is 1. The van der Waals surface area contributed by atoms with Gasteiger partial charge in [0.15, 0.2) is 0 Å². The Morgan fingerprint density at radius 1 is 1.20 bits per heavy atom. The molecule has 7 nitrogen and oxygen atoms in total. The van der Waals surface area contributed by atoms with Crippen LogP contribution in [0.4, 0.5) is 5.82 Å². The number of fused-ring (bicyclic) bond motifs is 2. The van der Waals surface area contributed by atoms with E-state index in [1.807, 2.05) is 19.1 Å². The van der Waals surface area contributed by atoms with Crippen molar-refractivity contribution in [2.45, 2.75) is 45.1 Å². The second kappa shape index (κ2) is 7.56. The number of likely N-dealkylation sites (N-methyl/N-ethyl adjacent to an activating group) is 1. The van der Waals surface area contributed by atoms with E-state index in [2.05, 4.69) is 17.0 Å². The molecule has 1 atom stereocenters. The summed E-state index contributed by atoms with van der Waals surface area (Å²) in [6.45, 7) is 4.93. The van der Waals surface area contributed by atoms with E-state index in [0.717, 1.165) is 43.1 Å². The maximum Gasteiger partial charge on any atom is 0.256 e. The minimum Gasteiger partial charge on any atom is -0.490 e. The fourth-order valence-electron chi connectivity index (χ4n) is 4.69. The van der Waals surface area contributed by atoms with Crippen LogP contribution in [0.3, 0.4) is 0 Å². The number of piperidine rings is 1. The third-order valence-corrected chi connectivity index (χ3v) is 6.46. The molecule has 0 spiro atoms. The number of carbonyl (C=O) groups excluding carboxylic acids is 1. The number of aryl methyl sites for hydroxylation is 1. The largest absolute Gasteiger partial charge is 0.490 e. The molecule has 1 fully saturated rings. The number of aliphatic hydroxyl groups is 1. The molecule has 3 aliphatic heterocycles. The van der Waals surface area contributed by atoms with Crippen LogP contribution in [-0.4, -0.2) is 53.7 Å². The maximum absolute atomic E-state index is 12.4. The molecule has 2 aromatic rings. The van der Waals surface area contributed by atoms with Gasteiger partial charge in [-0.25, -0.2) is 4.98 Å². The summed E-state index contributed by atoms with van der Waals surface area (Å²) in [7, 11) is 1.72. The first-order chi connectivity index (χ1) is 14.5. The van der Waals surface area contributed by atoms with Crippen molar-refractivity contribution in [2.24, 2.45) is 0 Å². The zero-order valence-electron chi connectivity index (χ0n) is 17.4. The van der Waals surface area contributed by atoms with Gasteiger partial charge < -0.3 is 24.4 Å². The minimum atomic E-state index is -0.364. The Kier molecular flexibility index (Phi) is 4.87. The van der Waals surface area contributed by atoms with Crippen molar-refractivity contribution in [3.63, 3.8) is 0 Å². The van der Waals surface area contributed by atoms with Crippen LogP contribution in [-0.2, 0) is 18.0 Å². The Bertz CT molecular complexity index is 985. The Hall–Kier alpha value is -2.64. The van der Waals surface area contributed by atoms with E-state index in [4.69, 9.17) is 14.5 Å². The number of ether oxygens (including phenoxy) is 2. The van der Waals surface area contributed by atoms with E-state index in [1.54, 1.807) is 11.9 Å². The fraction of sp³-hybridized carbons (Fsp3) is 0.478. The maximum atomic E-state index is 12.4. The van der Waals surface area contributed by atoms with Crippen molar-refractivity contribution in [3.8, 4) is 5.75 Å². The van der Waals surface area contributed by atoms with E-state index in [0.29, 0.717) is 24.5 Å². The van der Waals surface area contributed by atoms with Gasteiger partial charge in [-0.05, 0) is 41.8 Å². The molecule has 1 N–H and O–H groups in total. The van der Waals surface area contributed by atoms with E-state index < -0.39 is 0 Å². The van der Waals surface area contributed by atoms with Crippen molar-refractivity contribution in [3.05, 3.63) is 52.2 Å². The molecular formula is C23H27N3O4. The number of aromatic nitrogens is 1. The first kappa shape index (κ1) is 19.3. The number of hydrogen-bond donors (Lipinski definition) is 1. The molecule has 4 heterocycles. The molecule has 1 aromatic heterocycles. The van der Waals surface area contributed by atoms with Crippen LogP contribution >= 0.6 is 0 Å². The van der Waals surface area contributed by atoms with Gasteiger partial charge in [-0.1, -0.05) is 6.07 Å². The lowest BCUT2D eigenvalue weighted by atomic mass is 10.0. The molecule has 1 saturated heterocycles. The smallest absolute Gasteiger partial charge is 0.256 e. The molecule has 7 heteroatoms. The lowest BCUT2D eigenvalue weighted by molar-refractivity contribution is 0.0715. The summed E-state index contributed by atoms with van der Waals surface area (Å²) >= 11 is 0. The Morgan fingerprint density at radius 3 is 2.73 bits per heavy atom. The standard InChI is InChI=1S/C23H27N3O4/c1-14-9-19-21(20(11-27)25(2)23(19)28)24-22(14)26-7-5-17(6-8-26)30-18-4-3-15-12-29-13-16(15)10-18/h3-4,9-10,17,20,27H,5-8,11-13H2,1-2H3. The van der Waals surface area contributed by atoms with Crippen molar-refractivity contribution in [2.75, 3.05) is 31.6 Å². The molecular weight excluding hydrogens is 382 g/mol. The normalized spacial score (nSPS) is 21.2. The second-order valence-electron chi connectivity index (χ2n) is 8.40. The van der Waals surface area contributed by atoms with E-state index in [1.165, 1.54) is 11.1 Å². The average Bonchev–Trinajstić information content (AvgIpc) is 3.31. The molecule has 0 bridgehead atoms. The fourth-order valence-corrected chi connectivity index (χ4v) is 4.69. The third kappa shape index (κ3) is 3.22. The number of benzene rings is 1.